The first-order chi connectivity index (χ1) is 12.0. The number of anilines is 1. The molecule has 0 radical (unpaired) electrons. The first-order valence-electron chi connectivity index (χ1n) is 8.89. The van der Waals surface area contributed by atoms with E-state index in [0.29, 0.717) is 17.7 Å². The summed E-state index contributed by atoms with van der Waals surface area (Å²) in [5.74, 6) is 0. The second kappa shape index (κ2) is 8.19. The van der Waals surface area contributed by atoms with Crippen LogP contribution in [-0.2, 0) is 6.54 Å². The van der Waals surface area contributed by atoms with Crippen molar-refractivity contribution >= 4 is 34.6 Å². The standard InChI is InChI=1S/C19H25ClN4S/c1-13-18(22-19(25)21-16-9-4-3-5-10-16)14(2)24(23-13)12-15-8-6-7-11-17(15)20/h6-8,11,16H,3-5,9-10,12H2,1-2H3,(H2,21,22,25). The van der Waals surface area contributed by atoms with E-state index in [1.54, 1.807) is 0 Å². The van der Waals surface area contributed by atoms with Crippen molar-refractivity contribution in [3.8, 4) is 0 Å². The molecule has 134 valence electrons. The molecule has 1 saturated carbocycles. The van der Waals surface area contributed by atoms with Crippen LogP contribution in [0.1, 0.15) is 49.1 Å². The lowest BCUT2D eigenvalue weighted by Crippen LogP contribution is -2.39. The number of halogens is 1. The molecule has 25 heavy (non-hydrogen) atoms. The average Bonchev–Trinajstić information content (AvgIpc) is 2.85. The highest BCUT2D eigenvalue weighted by atomic mass is 35.5. The molecule has 1 fully saturated rings. The Hall–Kier alpha value is -1.59. The Morgan fingerprint density at radius 1 is 1.24 bits per heavy atom. The van der Waals surface area contributed by atoms with Gasteiger partial charge in [-0.3, -0.25) is 4.68 Å². The second-order valence-corrected chi connectivity index (χ2v) is 7.54. The summed E-state index contributed by atoms with van der Waals surface area (Å²) in [6, 6.07) is 8.36. The topological polar surface area (TPSA) is 41.9 Å². The first-order valence-corrected chi connectivity index (χ1v) is 9.68. The predicted molar refractivity (Wildman–Crippen MR) is 108 cm³/mol. The molecule has 2 N–H and O–H groups in total. The third-order valence-corrected chi connectivity index (χ3v) is 5.43. The Morgan fingerprint density at radius 2 is 1.96 bits per heavy atom. The molecule has 0 aliphatic heterocycles. The molecule has 1 heterocycles. The Morgan fingerprint density at radius 3 is 2.68 bits per heavy atom. The molecule has 4 nitrogen and oxygen atoms in total. The first kappa shape index (κ1) is 18.2. The maximum Gasteiger partial charge on any atom is 0.171 e. The molecular weight excluding hydrogens is 352 g/mol. The van der Waals surface area contributed by atoms with Gasteiger partial charge in [0.15, 0.2) is 5.11 Å². The van der Waals surface area contributed by atoms with Crippen molar-refractivity contribution < 1.29 is 0 Å². The number of benzene rings is 1. The number of hydrogen-bond donors (Lipinski definition) is 2. The van der Waals surface area contributed by atoms with E-state index in [1.165, 1.54) is 32.1 Å². The van der Waals surface area contributed by atoms with E-state index < -0.39 is 0 Å². The van der Waals surface area contributed by atoms with Gasteiger partial charge in [0.25, 0.3) is 0 Å². The summed E-state index contributed by atoms with van der Waals surface area (Å²) < 4.78 is 1.97. The van der Waals surface area contributed by atoms with Crippen LogP contribution in [-0.4, -0.2) is 20.9 Å². The highest BCUT2D eigenvalue weighted by Gasteiger charge is 2.17. The number of aromatic nitrogens is 2. The van der Waals surface area contributed by atoms with Crippen molar-refractivity contribution in [2.45, 2.75) is 58.5 Å². The van der Waals surface area contributed by atoms with Gasteiger partial charge in [0.2, 0.25) is 0 Å². The van der Waals surface area contributed by atoms with Gasteiger partial charge in [-0.2, -0.15) is 5.10 Å². The number of aryl methyl sites for hydroxylation is 1. The minimum atomic E-state index is 0.493. The number of rotatable bonds is 4. The van der Waals surface area contributed by atoms with Crippen LogP contribution in [0.2, 0.25) is 5.02 Å². The summed E-state index contributed by atoms with van der Waals surface area (Å²) in [6.07, 6.45) is 6.31. The SMILES string of the molecule is Cc1nn(Cc2ccccc2Cl)c(C)c1NC(=S)NC1CCCCC1. The van der Waals surface area contributed by atoms with Crippen LogP contribution in [0, 0.1) is 13.8 Å². The molecule has 2 aromatic rings. The number of nitrogens with one attached hydrogen (secondary N) is 2. The Labute approximate surface area is 160 Å². The fraction of sp³-hybridized carbons (Fsp3) is 0.474. The van der Waals surface area contributed by atoms with Crippen LogP contribution >= 0.6 is 23.8 Å². The van der Waals surface area contributed by atoms with Gasteiger partial charge in [-0.15, -0.1) is 0 Å². The van der Waals surface area contributed by atoms with Crippen molar-refractivity contribution in [3.63, 3.8) is 0 Å². The van der Waals surface area contributed by atoms with Crippen molar-refractivity contribution in [2.75, 3.05) is 5.32 Å². The zero-order chi connectivity index (χ0) is 17.8. The Balaban J connectivity index is 1.69. The molecule has 0 unspecified atom stereocenters. The van der Waals surface area contributed by atoms with E-state index in [9.17, 15) is 0 Å². The average molecular weight is 377 g/mol. The van der Waals surface area contributed by atoms with E-state index in [-0.39, 0.29) is 0 Å². The summed E-state index contributed by atoms with van der Waals surface area (Å²) in [5, 5.41) is 12.9. The minimum absolute atomic E-state index is 0.493. The van der Waals surface area contributed by atoms with E-state index in [1.807, 2.05) is 35.9 Å². The van der Waals surface area contributed by atoms with E-state index >= 15 is 0 Å². The van der Waals surface area contributed by atoms with Crippen LogP contribution in [0.3, 0.4) is 0 Å². The highest BCUT2D eigenvalue weighted by Crippen LogP contribution is 2.23. The molecule has 1 aliphatic rings. The van der Waals surface area contributed by atoms with Crippen LogP contribution < -0.4 is 10.6 Å². The summed E-state index contributed by atoms with van der Waals surface area (Å²) in [7, 11) is 0. The molecular formula is C19H25ClN4S. The van der Waals surface area contributed by atoms with E-state index in [2.05, 4.69) is 22.7 Å². The predicted octanol–water partition coefficient (Wildman–Crippen LogP) is 4.82. The van der Waals surface area contributed by atoms with Gasteiger partial charge in [-0.25, -0.2) is 0 Å². The normalized spacial score (nSPS) is 15.2. The van der Waals surface area contributed by atoms with Gasteiger partial charge in [-0.1, -0.05) is 49.1 Å². The lowest BCUT2D eigenvalue weighted by Gasteiger charge is -2.24. The molecule has 1 aliphatic carbocycles. The summed E-state index contributed by atoms with van der Waals surface area (Å²) in [6.45, 7) is 4.71. The van der Waals surface area contributed by atoms with Gasteiger partial charge in [0.1, 0.15) is 0 Å². The van der Waals surface area contributed by atoms with Crippen molar-refractivity contribution in [1.29, 1.82) is 0 Å². The molecule has 3 rings (SSSR count). The maximum absolute atomic E-state index is 6.28. The molecule has 1 aromatic carbocycles. The third-order valence-electron chi connectivity index (χ3n) is 4.84. The van der Waals surface area contributed by atoms with Crippen LogP contribution in [0.15, 0.2) is 24.3 Å². The molecule has 1 aromatic heterocycles. The number of thiocarbonyl (C=S) groups is 1. The Kier molecular flexibility index (Phi) is 5.97. The summed E-state index contributed by atoms with van der Waals surface area (Å²) in [4.78, 5) is 0. The Bertz CT molecular complexity index is 750. The summed E-state index contributed by atoms with van der Waals surface area (Å²) in [5.41, 5.74) is 4.05. The van der Waals surface area contributed by atoms with E-state index in [0.717, 1.165) is 27.7 Å². The van der Waals surface area contributed by atoms with Crippen molar-refractivity contribution in [2.24, 2.45) is 0 Å². The van der Waals surface area contributed by atoms with Gasteiger partial charge in [-0.05, 0) is 50.5 Å². The fourth-order valence-electron chi connectivity index (χ4n) is 3.40. The molecule has 0 saturated heterocycles. The van der Waals surface area contributed by atoms with E-state index in [4.69, 9.17) is 23.8 Å². The second-order valence-electron chi connectivity index (χ2n) is 6.73. The molecule has 6 heteroatoms. The van der Waals surface area contributed by atoms with Crippen LogP contribution in [0.5, 0.6) is 0 Å². The fourth-order valence-corrected chi connectivity index (χ4v) is 3.87. The van der Waals surface area contributed by atoms with Gasteiger partial charge in [0, 0.05) is 11.1 Å². The lowest BCUT2D eigenvalue weighted by atomic mass is 9.96. The number of hydrogen-bond acceptors (Lipinski definition) is 2. The third kappa shape index (κ3) is 4.53. The van der Waals surface area contributed by atoms with Crippen molar-refractivity contribution in [1.82, 2.24) is 15.1 Å². The summed E-state index contributed by atoms with van der Waals surface area (Å²) >= 11 is 11.8. The highest BCUT2D eigenvalue weighted by molar-refractivity contribution is 7.80. The zero-order valence-electron chi connectivity index (χ0n) is 14.8. The van der Waals surface area contributed by atoms with Crippen LogP contribution in [0.25, 0.3) is 0 Å². The zero-order valence-corrected chi connectivity index (χ0v) is 16.4. The van der Waals surface area contributed by atoms with Gasteiger partial charge in [0.05, 0.1) is 23.6 Å². The lowest BCUT2D eigenvalue weighted by molar-refractivity contribution is 0.415. The monoisotopic (exact) mass is 376 g/mol. The quantitative estimate of drug-likeness (QED) is 0.750. The molecule has 0 atom stereocenters. The maximum atomic E-state index is 6.28. The largest absolute Gasteiger partial charge is 0.360 e. The minimum Gasteiger partial charge on any atom is -0.360 e. The molecule has 0 bridgehead atoms. The van der Waals surface area contributed by atoms with Gasteiger partial charge >= 0.3 is 0 Å². The molecule has 0 amide bonds. The van der Waals surface area contributed by atoms with Crippen molar-refractivity contribution in [3.05, 3.63) is 46.2 Å². The number of nitrogens with zero attached hydrogens (tertiary/aromatic N) is 2. The van der Waals surface area contributed by atoms with Crippen LogP contribution in [0.4, 0.5) is 5.69 Å². The smallest absolute Gasteiger partial charge is 0.171 e. The molecule has 0 spiro atoms. The van der Waals surface area contributed by atoms with Gasteiger partial charge < -0.3 is 10.6 Å².